The SMILES string of the molecule is CC(C)(CNC(=O)CCCCC1SCC2CC(=O)NC21)SSCOC1C[C@H](n2cnc3c(=O)[nH]c(N)nc32)O[C@@H]1COP(=O)(O)OP(=O)(O)OP(=O)(O)O. The fourth-order valence-corrected chi connectivity index (χ4v) is 12.9. The number of nitrogens with two attached hydrogens (primary N) is 1. The van der Waals surface area contributed by atoms with E-state index in [1.807, 2.05) is 25.6 Å². The maximum Gasteiger partial charge on any atom is 0.490 e. The van der Waals surface area contributed by atoms with E-state index in [0.29, 0.717) is 30.6 Å². The Labute approximate surface area is 320 Å². The summed E-state index contributed by atoms with van der Waals surface area (Å²) in [6.45, 7) is 3.48. The number of hydrogen-bond donors (Lipinski definition) is 8. The molecule has 2 aromatic heterocycles. The molecular weight excluding hydrogens is 839 g/mol. The smallest absolute Gasteiger partial charge is 0.369 e. The van der Waals surface area contributed by atoms with Crippen molar-refractivity contribution >= 4 is 85.7 Å². The Morgan fingerprint density at radius 3 is 2.69 bits per heavy atom. The lowest BCUT2D eigenvalue weighted by molar-refractivity contribution is -0.121. The van der Waals surface area contributed by atoms with Crippen LogP contribution in [0.4, 0.5) is 5.95 Å². The maximum atomic E-state index is 12.6. The Balaban J connectivity index is 1.10. The van der Waals surface area contributed by atoms with Crippen LogP contribution in [0.5, 0.6) is 0 Å². The zero-order chi connectivity index (χ0) is 39.5. The fraction of sp³-hybridized carbons (Fsp3) is 0.731. The highest BCUT2D eigenvalue weighted by atomic mass is 33.1. The van der Waals surface area contributed by atoms with E-state index in [2.05, 4.69) is 34.2 Å². The summed E-state index contributed by atoms with van der Waals surface area (Å²) in [5.41, 5.74) is 5.14. The van der Waals surface area contributed by atoms with Gasteiger partial charge in [-0.1, -0.05) is 28.0 Å². The van der Waals surface area contributed by atoms with Crippen LogP contribution >= 0.6 is 56.8 Å². The second kappa shape index (κ2) is 17.9. The van der Waals surface area contributed by atoms with Gasteiger partial charge < -0.3 is 45.4 Å². The van der Waals surface area contributed by atoms with Crippen molar-refractivity contribution in [2.45, 2.75) is 86.8 Å². The number of anilines is 1. The van der Waals surface area contributed by atoms with Crippen molar-refractivity contribution < 1.29 is 65.5 Å². The Morgan fingerprint density at radius 2 is 1.94 bits per heavy atom. The summed E-state index contributed by atoms with van der Waals surface area (Å²) in [4.78, 5) is 84.1. The van der Waals surface area contributed by atoms with E-state index in [1.165, 1.54) is 32.5 Å². The van der Waals surface area contributed by atoms with Crippen molar-refractivity contribution in [3.05, 3.63) is 16.7 Å². The molecule has 3 aliphatic heterocycles. The molecule has 0 spiro atoms. The van der Waals surface area contributed by atoms with Gasteiger partial charge in [-0.3, -0.25) is 28.5 Å². The maximum absolute atomic E-state index is 12.6. The van der Waals surface area contributed by atoms with Crippen LogP contribution in [0.15, 0.2) is 11.1 Å². The number of nitrogens with one attached hydrogen (secondary N) is 3. The number of amides is 2. The van der Waals surface area contributed by atoms with Crippen molar-refractivity contribution in [3.63, 3.8) is 0 Å². The molecule has 0 aliphatic carbocycles. The monoisotopic (exact) mass is 881 g/mol. The van der Waals surface area contributed by atoms with E-state index in [9.17, 15) is 37.9 Å². The number of H-pyrrole nitrogens is 1. The van der Waals surface area contributed by atoms with Gasteiger partial charge >= 0.3 is 23.5 Å². The number of thioether (sulfide) groups is 1. The zero-order valence-electron chi connectivity index (χ0n) is 28.9. The third-order valence-corrected chi connectivity index (χ3v) is 16.8. The Bertz CT molecular complexity index is 1880. The van der Waals surface area contributed by atoms with Crippen molar-refractivity contribution in [1.82, 2.24) is 30.2 Å². The molecule has 5 rings (SSSR count). The molecule has 3 fully saturated rings. The van der Waals surface area contributed by atoms with Crippen LogP contribution in [-0.2, 0) is 45.9 Å². The second-order valence-corrected chi connectivity index (χ2v) is 21.9. The van der Waals surface area contributed by atoms with Gasteiger partial charge in [0, 0.05) is 41.8 Å². The van der Waals surface area contributed by atoms with Crippen LogP contribution in [0.25, 0.3) is 11.2 Å². The first-order valence-electron chi connectivity index (χ1n) is 16.5. The van der Waals surface area contributed by atoms with Crippen LogP contribution in [0, 0.1) is 5.92 Å². The van der Waals surface area contributed by atoms with Gasteiger partial charge in [-0.05, 0) is 38.4 Å². The number of phosphoric acid groups is 3. The predicted molar refractivity (Wildman–Crippen MR) is 198 cm³/mol. The summed E-state index contributed by atoms with van der Waals surface area (Å²) in [6.07, 6.45) is 2.03. The number of nitrogens with zero attached hydrogens (tertiary/aromatic N) is 3. The number of carbonyl (C=O) groups excluding carboxylic acids is 2. The minimum Gasteiger partial charge on any atom is -0.369 e. The molecule has 0 aromatic carbocycles. The lowest BCUT2D eigenvalue weighted by atomic mass is 9.97. The number of aromatic amines is 1. The van der Waals surface area contributed by atoms with Crippen molar-refractivity contribution in [2.24, 2.45) is 5.92 Å². The number of nitrogen functional groups attached to an aromatic ring is 1. The molecular formula is C26H42N7O15P3S3. The predicted octanol–water partition coefficient (Wildman–Crippen LogP) is 2.13. The van der Waals surface area contributed by atoms with Crippen molar-refractivity contribution in [1.29, 1.82) is 0 Å². The van der Waals surface area contributed by atoms with Crippen molar-refractivity contribution in [3.8, 4) is 0 Å². The summed E-state index contributed by atoms with van der Waals surface area (Å²) in [6, 6.07) is 0.242. The first kappa shape index (κ1) is 43.6. The molecule has 0 bridgehead atoms. The van der Waals surface area contributed by atoms with E-state index in [-0.39, 0.29) is 47.3 Å². The molecule has 0 radical (unpaired) electrons. The first-order chi connectivity index (χ1) is 25.2. The minimum atomic E-state index is -5.75. The summed E-state index contributed by atoms with van der Waals surface area (Å²) < 4.78 is 60.5. The second-order valence-electron chi connectivity index (χ2n) is 13.3. The highest BCUT2D eigenvalue weighted by Gasteiger charge is 2.45. The molecule has 28 heteroatoms. The number of rotatable bonds is 20. The topological polar surface area (TPSA) is 326 Å². The summed E-state index contributed by atoms with van der Waals surface area (Å²) >= 11 is 1.90. The van der Waals surface area contributed by atoms with Gasteiger partial charge in [-0.15, -0.1) is 0 Å². The molecule has 54 heavy (non-hydrogen) atoms. The lowest BCUT2D eigenvalue weighted by Crippen LogP contribution is -2.36. The summed E-state index contributed by atoms with van der Waals surface area (Å²) in [5, 5.41) is 6.45. The highest BCUT2D eigenvalue weighted by molar-refractivity contribution is 8.77. The van der Waals surface area contributed by atoms with Crippen LogP contribution in [0.3, 0.4) is 0 Å². The standard InChI is InChI=1S/C26H42N7O15P3S3/c1-26(2,11-28-18(34)6-4-3-5-17-21-14(10-52-17)7-19(35)30-21)54-53-13-44-15-8-20(33-12-29-22-23(33)31-25(27)32-24(22)36)46-16(15)9-45-50(40,41)48-51(42,43)47-49(37,38)39/h12,14-17,20-21H,3-11,13H2,1-2H3,(H,28,34)(H,30,35)(H,40,41)(H,42,43)(H2,37,38,39)(H3,27,31,32,36)/t14?,15?,16-,17?,20-,21?/m1/s1. The summed E-state index contributed by atoms with van der Waals surface area (Å²) in [7, 11) is -14.1. The number of imidazole rings is 1. The van der Waals surface area contributed by atoms with Gasteiger partial charge in [-0.2, -0.15) is 25.4 Å². The number of phosphoric ester groups is 1. The lowest BCUT2D eigenvalue weighted by Gasteiger charge is -2.24. The van der Waals surface area contributed by atoms with Crippen molar-refractivity contribution in [2.75, 3.05) is 30.6 Å². The number of carbonyl (C=O) groups is 2. The third-order valence-electron chi connectivity index (χ3n) is 8.44. The third kappa shape index (κ3) is 12.5. The van der Waals surface area contributed by atoms with Gasteiger partial charge in [-0.25, -0.2) is 18.7 Å². The van der Waals surface area contributed by atoms with Crippen LogP contribution < -0.4 is 21.9 Å². The number of ether oxygens (including phenoxy) is 2. The molecule has 0 saturated carbocycles. The number of unbranched alkanes of at least 4 members (excludes halogenated alkanes) is 1. The van der Waals surface area contributed by atoms with Gasteiger partial charge in [0.15, 0.2) is 11.2 Å². The van der Waals surface area contributed by atoms with Crippen LogP contribution in [-0.4, -0.2) is 104 Å². The molecule has 8 atom stereocenters. The minimum absolute atomic E-state index is 0.0373. The molecule has 3 saturated heterocycles. The van der Waals surface area contributed by atoms with Gasteiger partial charge in [0.05, 0.1) is 19.0 Å². The van der Waals surface area contributed by atoms with E-state index >= 15 is 0 Å². The Kier molecular flexibility index (Phi) is 14.5. The molecule has 2 aromatic rings. The normalized spacial score (nSPS) is 26.7. The Morgan fingerprint density at radius 1 is 1.19 bits per heavy atom. The fourth-order valence-electron chi connectivity index (χ4n) is 6.08. The molecule has 22 nitrogen and oxygen atoms in total. The molecule has 5 heterocycles. The van der Waals surface area contributed by atoms with E-state index < -0.39 is 58.8 Å². The average molecular weight is 882 g/mol. The Hall–Kier alpha value is -1.53. The molecule has 3 aliphatic rings. The largest absolute Gasteiger partial charge is 0.490 e. The summed E-state index contributed by atoms with van der Waals surface area (Å²) in [5.74, 6) is 1.35. The van der Waals surface area contributed by atoms with E-state index in [1.54, 1.807) is 0 Å². The quantitative estimate of drug-likeness (QED) is 0.0409. The molecule has 9 N–H and O–H groups in total. The first-order valence-corrected chi connectivity index (χ1v) is 24.3. The number of fused-ring (bicyclic) bond motifs is 2. The van der Waals surface area contributed by atoms with Gasteiger partial charge in [0.25, 0.3) is 5.56 Å². The number of aromatic nitrogens is 4. The molecule has 2 amide bonds. The molecule has 304 valence electrons. The van der Waals surface area contributed by atoms with E-state index in [4.69, 9.17) is 29.5 Å². The highest BCUT2D eigenvalue weighted by Crippen LogP contribution is 2.66. The van der Waals surface area contributed by atoms with Crippen LogP contribution in [0.2, 0.25) is 0 Å². The molecule has 6 unspecified atom stereocenters. The number of hydrogen-bond acceptors (Lipinski definition) is 17. The zero-order valence-corrected chi connectivity index (χ0v) is 34.0. The van der Waals surface area contributed by atoms with Gasteiger partial charge in [0.1, 0.15) is 18.3 Å². The average Bonchev–Trinajstić information content (AvgIpc) is 3.81. The van der Waals surface area contributed by atoms with E-state index in [0.717, 1.165) is 25.0 Å². The van der Waals surface area contributed by atoms with Crippen LogP contribution in [0.1, 0.15) is 58.6 Å². The van der Waals surface area contributed by atoms with Gasteiger partial charge in [0.2, 0.25) is 17.8 Å².